The van der Waals surface area contributed by atoms with Gasteiger partial charge in [-0.15, -0.1) is 0 Å². The standard InChI is InChI=1S/C2H2BrN3S/c3-1-5-2(4)7-6-1/h(H2,4,5,6). The van der Waals surface area contributed by atoms with Gasteiger partial charge < -0.3 is 5.73 Å². The largest absolute Gasteiger partial charge is 0.374 e. The van der Waals surface area contributed by atoms with Crippen LogP contribution >= 0.6 is 27.5 Å². The maximum atomic E-state index is 5.19. The summed E-state index contributed by atoms with van der Waals surface area (Å²) in [6.45, 7) is 0. The summed E-state index contributed by atoms with van der Waals surface area (Å²) in [6.07, 6.45) is 0. The number of aromatic nitrogens is 2. The van der Waals surface area contributed by atoms with E-state index in [-0.39, 0.29) is 0 Å². The van der Waals surface area contributed by atoms with Crippen LogP contribution in [0.4, 0.5) is 5.13 Å². The van der Waals surface area contributed by atoms with Gasteiger partial charge in [-0.3, -0.25) is 0 Å². The first-order valence-electron chi connectivity index (χ1n) is 1.54. The van der Waals surface area contributed by atoms with Crippen molar-refractivity contribution in [1.29, 1.82) is 0 Å². The molecule has 1 rings (SSSR count). The van der Waals surface area contributed by atoms with E-state index in [2.05, 4.69) is 25.3 Å². The van der Waals surface area contributed by atoms with Gasteiger partial charge in [0, 0.05) is 11.5 Å². The Hall–Kier alpha value is -0.160. The van der Waals surface area contributed by atoms with Gasteiger partial charge in [0.2, 0.25) is 9.87 Å². The van der Waals surface area contributed by atoms with Crippen LogP contribution in [0.2, 0.25) is 0 Å². The molecule has 0 spiro atoms. The van der Waals surface area contributed by atoms with Crippen LogP contribution in [-0.4, -0.2) is 9.36 Å². The van der Waals surface area contributed by atoms with Crippen LogP contribution in [-0.2, 0) is 0 Å². The lowest BCUT2D eigenvalue weighted by atomic mass is 11.2. The van der Waals surface area contributed by atoms with E-state index in [1.54, 1.807) is 0 Å². The minimum atomic E-state index is 0.492. The molecule has 0 fully saturated rings. The topological polar surface area (TPSA) is 51.8 Å². The monoisotopic (exact) mass is 179 g/mol. The number of halogens is 1. The zero-order chi connectivity index (χ0) is 5.28. The second-order valence-electron chi connectivity index (χ2n) is 0.902. The molecule has 0 radical (unpaired) electrons. The molecule has 0 aliphatic heterocycles. The van der Waals surface area contributed by atoms with Crippen molar-refractivity contribution < 1.29 is 0 Å². The highest BCUT2D eigenvalue weighted by molar-refractivity contribution is 9.10. The van der Waals surface area contributed by atoms with E-state index in [4.69, 9.17) is 5.73 Å². The van der Waals surface area contributed by atoms with E-state index < -0.39 is 0 Å². The molecule has 0 saturated carbocycles. The summed E-state index contributed by atoms with van der Waals surface area (Å²) in [4.78, 5) is 3.71. The van der Waals surface area contributed by atoms with Gasteiger partial charge in [-0.1, -0.05) is 0 Å². The van der Waals surface area contributed by atoms with E-state index >= 15 is 0 Å². The van der Waals surface area contributed by atoms with Crippen molar-refractivity contribution in [3.05, 3.63) is 4.73 Å². The third kappa shape index (κ3) is 1.10. The van der Waals surface area contributed by atoms with Crippen LogP contribution in [0.5, 0.6) is 0 Å². The number of nitrogens with zero attached hydrogens (tertiary/aromatic N) is 2. The number of hydrogen-bond acceptors (Lipinski definition) is 4. The van der Waals surface area contributed by atoms with E-state index in [1.165, 1.54) is 11.5 Å². The summed E-state index contributed by atoms with van der Waals surface area (Å²) < 4.78 is 4.30. The average Bonchev–Trinajstić information content (AvgIpc) is 1.87. The summed E-state index contributed by atoms with van der Waals surface area (Å²) >= 11 is 4.21. The Kier molecular flexibility index (Phi) is 1.25. The summed E-state index contributed by atoms with van der Waals surface area (Å²) in [6, 6.07) is 0. The third-order valence-corrected chi connectivity index (χ3v) is 1.55. The smallest absolute Gasteiger partial charge is 0.210 e. The van der Waals surface area contributed by atoms with Crippen LogP contribution in [0.3, 0.4) is 0 Å². The first kappa shape index (κ1) is 4.99. The SMILES string of the molecule is Nc1nc(Br)ns1. The van der Waals surface area contributed by atoms with Crippen LogP contribution in [0.1, 0.15) is 0 Å². The summed E-state index contributed by atoms with van der Waals surface area (Å²) in [5.41, 5.74) is 5.19. The molecular formula is C2H2BrN3S. The van der Waals surface area contributed by atoms with Crippen molar-refractivity contribution in [2.75, 3.05) is 5.73 Å². The highest BCUT2D eigenvalue weighted by Crippen LogP contribution is 2.09. The molecule has 0 aliphatic carbocycles. The molecule has 0 saturated heterocycles. The predicted molar refractivity (Wildman–Crippen MR) is 32.0 cm³/mol. The molecule has 1 aromatic rings. The Morgan fingerprint density at radius 3 is 2.57 bits per heavy atom. The summed E-state index contributed by atoms with van der Waals surface area (Å²) in [5, 5.41) is 0.492. The number of rotatable bonds is 0. The lowest BCUT2D eigenvalue weighted by molar-refractivity contribution is 1.26. The lowest BCUT2D eigenvalue weighted by Crippen LogP contribution is -1.78. The van der Waals surface area contributed by atoms with Gasteiger partial charge in [-0.2, -0.15) is 9.36 Å². The Morgan fingerprint density at radius 2 is 2.43 bits per heavy atom. The second kappa shape index (κ2) is 1.75. The molecule has 0 bridgehead atoms. The Morgan fingerprint density at radius 1 is 1.71 bits per heavy atom. The normalized spacial score (nSPS) is 9.29. The molecule has 0 aromatic carbocycles. The third-order valence-electron chi connectivity index (χ3n) is 0.417. The second-order valence-corrected chi connectivity index (χ2v) is 2.39. The Balaban J connectivity index is 3.04. The fourth-order valence-electron chi connectivity index (χ4n) is 0.216. The number of nitrogens with two attached hydrogens (primary N) is 1. The molecular weight excluding hydrogens is 178 g/mol. The van der Waals surface area contributed by atoms with Gasteiger partial charge in [0.15, 0.2) is 0 Å². The predicted octanol–water partition coefficient (Wildman–Crippen LogP) is 0.883. The molecule has 2 N–H and O–H groups in total. The first-order valence-corrected chi connectivity index (χ1v) is 3.10. The van der Waals surface area contributed by atoms with Gasteiger partial charge in [0.25, 0.3) is 0 Å². The number of nitrogen functional groups attached to an aromatic ring is 1. The van der Waals surface area contributed by atoms with Crippen molar-refractivity contribution in [2.45, 2.75) is 0 Å². The Bertz CT molecular complexity index is 145. The molecule has 3 nitrogen and oxygen atoms in total. The molecule has 1 heterocycles. The fraction of sp³-hybridized carbons (Fsp3) is 0. The highest BCUT2D eigenvalue weighted by atomic mass is 79.9. The van der Waals surface area contributed by atoms with Gasteiger partial charge in [0.1, 0.15) is 0 Å². The fourth-order valence-corrected chi connectivity index (χ4v) is 1.08. The molecule has 38 valence electrons. The van der Waals surface area contributed by atoms with E-state index in [0.717, 1.165) is 0 Å². The van der Waals surface area contributed by atoms with Crippen molar-refractivity contribution in [3.63, 3.8) is 0 Å². The van der Waals surface area contributed by atoms with Crippen LogP contribution < -0.4 is 5.73 Å². The van der Waals surface area contributed by atoms with Gasteiger partial charge in [-0.25, -0.2) is 0 Å². The number of anilines is 1. The van der Waals surface area contributed by atoms with Crippen molar-refractivity contribution in [1.82, 2.24) is 9.36 Å². The average molecular weight is 180 g/mol. The summed E-state index contributed by atoms with van der Waals surface area (Å²) in [7, 11) is 0. The number of hydrogen-bond donors (Lipinski definition) is 1. The maximum absolute atomic E-state index is 5.19. The van der Waals surface area contributed by atoms with E-state index in [9.17, 15) is 0 Å². The first-order chi connectivity index (χ1) is 3.29. The van der Waals surface area contributed by atoms with Crippen molar-refractivity contribution in [2.24, 2.45) is 0 Å². The van der Waals surface area contributed by atoms with E-state index in [1.807, 2.05) is 0 Å². The van der Waals surface area contributed by atoms with Gasteiger partial charge >= 0.3 is 0 Å². The molecule has 0 aliphatic rings. The lowest BCUT2D eigenvalue weighted by Gasteiger charge is -1.67. The minimum absolute atomic E-state index is 0.492. The van der Waals surface area contributed by atoms with Gasteiger partial charge in [-0.05, 0) is 15.9 Å². The molecule has 0 atom stereocenters. The molecule has 0 amide bonds. The van der Waals surface area contributed by atoms with Crippen LogP contribution in [0, 0.1) is 0 Å². The van der Waals surface area contributed by atoms with Crippen molar-refractivity contribution in [3.8, 4) is 0 Å². The van der Waals surface area contributed by atoms with Crippen LogP contribution in [0.25, 0.3) is 0 Å². The van der Waals surface area contributed by atoms with Crippen LogP contribution in [0.15, 0.2) is 4.73 Å². The summed E-state index contributed by atoms with van der Waals surface area (Å²) in [5.74, 6) is 0. The minimum Gasteiger partial charge on any atom is -0.374 e. The van der Waals surface area contributed by atoms with Gasteiger partial charge in [0.05, 0.1) is 0 Å². The maximum Gasteiger partial charge on any atom is 0.210 e. The molecule has 7 heavy (non-hydrogen) atoms. The highest BCUT2D eigenvalue weighted by Gasteiger charge is 1.90. The Labute approximate surface area is 52.9 Å². The zero-order valence-corrected chi connectivity index (χ0v) is 5.66. The molecule has 1 aromatic heterocycles. The molecule has 0 unspecified atom stereocenters. The van der Waals surface area contributed by atoms with E-state index in [0.29, 0.717) is 9.87 Å². The molecule has 5 heteroatoms. The zero-order valence-electron chi connectivity index (χ0n) is 3.26. The van der Waals surface area contributed by atoms with Crippen molar-refractivity contribution >= 4 is 32.6 Å². The quantitative estimate of drug-likeness (QED) is 0.644.